The van der Waals surface area contributed by atoms with E-state index < -0.39 is 0 Å². The quantitative estimate of drug-likeness (QED) is 0.894. The topological polar surface area (TPSA) is 56.3 Å². The van der Waals surface area contributed by atoms with Gasteiger partial charge in [-0.25, -0.2) is 4.98 Å². The molecule has 0 aliphatic carbocycles. The molecule has 1 saturated heterocycles. The molecule has 1 aromatic rings. The normalized spacial score (nSPS) is 19.5. The van der Waals surface area contributed by atoms with Crippen molar-refractivity contribution in [1.82, 2.24) is 9.36 Å². The first-order chi connectivity index (χ1) is 8.16. The van der Waals surface area contributed by atoms with E-state index in [0.29, 0.717) is 19.3 Å². The highest BCUT2D eigenvalue weighted by Gasteiger charge is 2.38. The van der Waals surface area contributed by atoms with Gasteiger partial charge in [0.05, 0.1) is 0 Å². The fourth-order valence-corrected chi connectivity index (χ4v) is 2.73. The van der Waals surface area contributed by atoms with Crippen LogP contribution in [0, 0.1) is 0 Å². The van der Waals surface area contributed by atoms with Gasteiger partial charge in [-0.05, 0) is 13.8 Å². The molecular weight excluding hydrogens is 238 g/mol. The fraction of sp³-hybridized carbons (Fsp3) is 0.818. The Labute approximate surface area is 106 Å². The third-order valence-electron chi connectivity index (χ3n) is 2.94. The molecule has 2 heterocycles. The summed E-state index contributed by atoms with van der Waals surface area (Å²) in [6, 6.07) is 0.365. The minimum atomic E-state index is -0.355. The summed E-state index contributed by atoms with van der Waals surface area (Å²) < 4.78 is 15.5. The monoisotopic (exact) mass is 257 g/mol. The number of nitrogens with one attached hydrogen (secondary N) is 1. The number of hydrogen-bond donors (Lipinski definition) is 1. The first-order valence-corrected chi connectivity index (χ1v) is 6.67. The Morgan fingerprint density at radius 2 is 2.12 bits per heavy atom. The first kappa shape index (κ1) is 12.7. The van der Waals surface area contributed by atoms with Gasteiger partial charge in [0.25, 0.3) is 0 Å². The standard InChI is InChI=1S/C11H19N3O2S/c1-8(2)12-10-13-9(14-17-10)11(15-3)4-6-16-7-5-11/h8H,4-7H2,1-3H3,(H,12,13,14). The number of aromatic nitrogens is 2. The van der Waals surface area contributed by atoms with Crippen LogP contribution in [0.2, 0.25) is 0 Å². The fourth-order valence-electron chi connectivity index (χ4n) is 1.93. The molecule has 1 N–H and O–H groups in total. The Morgan fingerprint density at radius 1 is 1.41 bits per heavy atom. The van der Waals surface area contributed by atoms with Gasteiger partial charge in [-0.15, -0.1) is 0 Å². The van der Waals surface area contributed by atoms with Crippen LogP contribution in [0.3, 0.4) is 0 Å². The number of nitrogens with zero attached hydrogens (tertiary/aromatic N) is 2. The van der Waals surface area contributed by atoms with Crippen molar-refractivity contribution >= 4 is 16.7 Å². The lowest BCUT2D eigenvalue weighted by Crippen LogP contribution is -2.36. The minimum absolute atomic E-state index is 0.355. The molecule has 0 aromatic carbocycles. The molecule has 1 fully saturated rings. The van der Waals surface area contributed by atoms with Crippen molar-refractivity contribution < 1.29 is 9.47 Å². The van der Waals surface area contributed by atoms with Crippen LogP contribution >= 0.6 is 11.5 Å². The smallest absolute Gasteiger partial charge is 0.202 e. The van der Waals surface area contributed by atoms with E-state index in [1.54, 1.807) is 7.11 Å². The van der Waals surface area contributed by atoms with E-state index in [-0.39, 0.29) is 5.60 Å². The maximum Gasteiger partial charge on any atom is 0.202 e. The highest BCUT2D eigenvalue weighted by molar-refractivity contribution is 7.09. The van der Waals surface area contributed by atoms with E-state index in [1.165, 1.54) is 11.5 Å². The molecule has 0 unspecified atom stereocenters. The Hall–Kier alpha value is -0.720. The average molecular weight is 257 g/mol. The summed E-state index contributed by atoms with van der Waals surface area (Å²) >= 11 is 1.39. The van der Waals surface area contributed by atoms with Crippen molar-refractivity contribution in [2.24, 2.45) is 0 Å². The Kier molecular flexibility index (Phi) is 3.96. The summed E-state index contributed by atoms with van der Waals surface area (Å²) in [4.78, 5) is 4.53. The lowest BCUT2D eigenvalue weighted by molar-refractivity contribution is -0.0993. The van der Waals surface area contributed by atoms with Crippen LogP contribution in [0.15, 0.2) is 0 Å². The summed E-state index contributed by atoms with van der Waals surface area (Å²) in [6.45, 7) is 5.59. The Morgan fingerprint density at radius 3 is 2.71 bits per heavy atom. The molecule has 6 heteroatoms. The van der Waals surface area contributed by atoms with Gasteiger partial charge in [-0.2, -0.15) is 4.37 Å². The number of anilines is 1. The van der Waals surface area contributed by atoms with Crippen molar-refractivity contribution in [2.45, 2.75) is 38.3 Å². The number of ether oxygens (including phenoxy) is 2. The van der Waals surface area contributed by atoms with Crippen LogP contribution < -0.4 is 5.32 Å². The molecule has 96 valence electrons. The molecule has 0 atom stereocenters. The van der Waals surface area contributed by atoms with E-state index in [9.17, 15) is 0 Å². The molecule has 0 spiro atoms. The van der Waals surface area contributed by atoms with E-state index in [1.807, 2.05) is 0 Å². The van der Waals surface area contributed by atoms with Gasteiger partial charge in [0.1, 0.15) is 5.60 Å². The predicted octanol–water partition coefficient (Wildman–Crippen LogP) is 2.01. The van der Waals surface area contributed by atoms with Gasteiger partial charge in [-0.3, -0.25) is 0 Å². The second-order valence-electron chi connectivity index (χ2n) is 4.53. The van der Waals surface area contributed by atoms with Crippen LogP contribution in [0.5, 0.6) is 0 Å². The number of methoxy groups -OCH3 is 1. The van der Waals surface area contributed by atoms with Crippen LogP contribution in [-0.4, -0.2) is 35.7 Å². The highest BCUT2D eigenvalue weighted by Crippen LogP contribution is 2.35. The van der Waals surface area contributed by atoms with Gasteiger partial charge in [0.15, 0.2) is 5.82 Å². The molecule has 1 aliphatic heterocycles. The van der Waals surface area contributed by atoms with Crippen molar-refractivity contribution in [3.63, 3.8) is 0 Å². The second kappa shape index (κ2) is 5.29. The largest absolute Gasteiger partial charge is 0.381 e. The molecule has 17 heavy (non-hydrogen) atoms. The maximum atomic E-state index is 5.66. The van der Waals surface area contributed by atoms with Crippen LogP contribution in [-0.2, 0) is 15.1 Å². The van der Waals surface area contributed by atoms with E-state index in [0.717, 1.165) is 23.8 Å². The minimum Gasteiger partial charge on any atom is -0.381 e. The summed E-state index contributed by atoms with van der Waals surface area (Å²) in [7, 11) is 1.72. The Balaban J connectivity index is 2.16. The van der Waals surface area contributed by atoms with Crippen LogP contribution in [0.1, 0.15) is 32.5 Å². The average Bonchev–Trinajstić information content (AvgIpc) is 2.78. The first-order valence-electron chi connectivity index (χ1n) is 5.90. The van der Waals surface area contributed by atoms with Crippen molar-refractivity contribution in [2.75, 3.05) is 25.6 Å². The van der Waals surface area contributed by atoms with E-state index in [2.05, 4.69) is 28.5 Å². The molecule has 0 bridgehead atoms. The zero-order valence-electron chi connectivity index (χ0n) is 10.5. The van der Waals surface area contributed by atoms with Crippen molar-refractivity contribution in [3.05, 3.63) is 5.82 Å². The third-order valence-corrected chi connectivity index (χ3v) is 3.58. The molecule has 1 aromatic heterocycles. The molecule has 5 nitrogen and oxygen atoms in total. The van der Waals surface area contributed by atoms with Gasteiger partial charge < -0.3 is 14.8 Å². The number of hydrogen-bond acceptors (Lipinski definition) is 6. The molecule has 1 aliphatic rings. The van der Waals surface area contributed by atoms with Gasteiger partial charge in [-0.1, -0.05) is 0 Å². The van der Waals surface area contributed by atoms with Gasteiger partial charge >= 0.3 is 0 Å². The molecule has 0 amide bonds. The van der Waals surface area contributed by atoms with Crippen LogP contribution in [0.25, 0.3) is 0 Å². The molecule has 2 rings (SSSR count). The zero-order valence-corrected chi connectivity index (χ0v) is 11.3. The number of rotatable bonds is 4. The third kappa shape index (κ3) is 2.75. The predicted molar refractivity (Wildman–Crippen MR) is 67.4 cm³/mol. The van der Waals surface area contributed by atoms with Crippen LogP contribution in [0.4, 0.5) is 5.13 Å². The Bertz CT molecular complexity index is 361. The lowest BCUT2D eigenvalue weighted by atomic mass is 9.93. The van der Waals surface area contributed by atoms with Gasteiger partial charge in [0.2, 0.25) is 5.13 Å². The highest BCUT2D eigenvalue weighted by atomic mass is 32.1. The summed E-state index contributed by atoms with van der Waals surface area (Å²) in [5.41, 5.74) is -0.355. The van der Waals surface area contributed by atoms with Gasteiger partial charge in [0, 0.05) is 50.7 Å². The van der Waals surface area contributed by atoms with Crippen molar-refractivity contribution in [1.29, 1.82) is 0 Å². The van der Waals surface area contributed by atoms with Crippen molar-refractivity contribution in [3.8, 4) is 0 Å². The summed E-state index contributed by atoms with van der Waals surface area (Å²) in [6.07, 6.45) is 1.64. The molecular formula is C11H19N3O2S. The lowest BCUT2D eigenvalue weighted by Gasteiger charge is -2.33. The summed E-state index contributed by atoms with van der Waals surface area (Å²) in [5, 5.41) is 4.12. The SMILES string of the molecule is COC1(c2nsc(NC(C)C)n2)CCOCC1. The molecule has 0 saturated carbocycles. The summed E-state index contributed by atoms with van der Waals surface area (Å²) in [5.74, 6) is 0.788. The zero-order chi connectivity index (χ0) is 12.3. The van der Waals surface area contributed by atoms with E-state index in [4.69, 9.17) is 9.47 Å². The maximum absolute atomic E-state index is 5.66. The van der Waals surface area contributed by atoms with E-state index >= 15 is 0 Å². The molecule has 0 radical (unpaired) electrons. The second-order valence-corrected chi connectivity index (χ2v) is 5.28.